The molecule has 2 rings (SSSR count). The van der Waals surface area contributed by atoms with Crippen LogP contribution >= 0.6 is 0 Å². The highest BCUT2D eigenvalue weighted by molar-refractivity contribution is 5.69. The van der Waals surface area contributed by atoms with Crippen LogP contribution < -0.4 is 9.30 Å². The van der Waals surface area contributed by atoms with Gasteiger partial charge in [-0.1, -0.05) is 50.5 Å². The van der Waals surface area contributed by atoms with Gasteiger partial charge in [0.15, 0.2) is 12.4 Å². The molecule has 2 aromatic rings. The summed E-state index contributed by atoms with van der Waals surface area (Å²) in [6.07, 6.45) is 13.3. The summed E-state index contributed by atoms with van der Waals surface area (Å²) in [6.45, 7) is 3.04. The SMILES string of the molecule is CCCCCCOc1ccc(C=Cc2cc[n+](C)cc2)cc1. The maximum absolute atomic E-state index is 5.76. The Morgan fingerprint density at radius 1 is 0.864 bits per heavy atom. The average molecular weight is 296 g/mol. The second-order valence-electron chi connectivity index (χ2n) is 5.61. The molecule has 2 nitrogen and oxygen atoms in total. The standard InChI is InChI=1S/C20H26NO/c1-3-4-5-6-17-22-20-11-9-18(10-12-20)7-8-19-13-15-21(2)16-14-19/h7-16H,3-6,17H2,1-2H3/q+1. The van der Waals surface area contributed by atoms with Crippen LogP contribution in [0.3, 0.4) is 0 Å². The molecular weight excluding hydrogens is 270 g/mol. The van der Waals surface area contributed by atoms with E-state index < -0.39 is 0 Å². The predicted molar refractivity (Wildman–Crippen MR) is 92.6 cm³/mol. The monoisotopic (exact) mass is 296 g/mol. The Morgan fingerprint density at radius 2 is 1.50 bits per heavy atom. The van der Waals surface area contributed by atoms with E-state index in [1.165, 1.54) is 30.4 Å². The molecule has 0 N–H and O–H groups in total. The Bertz CT molecular complexity index is 570. The molecule has 0 radical (unpaired) electrons. The summed E-state index contributed by atoms with van der Waals surface area (Å²) in [6, 6.07) is 12.5. The lowest BCUT2D eigenvalue weighted by molar-refractivity contribution is -0.671. The van der Waals surface area contributed by atoms with Gasteiger partial charge in [-0.05, 0) is 29.7 Å². The van der Waals surface area contributed by atoms with Gasteiger partial charge in [0.1, 0.15) is 12.8 Å². The van der Waals surface area contributed by atoms with Gasteiger partial charge in [0.2, 0.25) is 0 Å². The summed E-state index contributed by atoms with van der Waals surface area (Å²) in [4.78, 5) is 0. The first-order valence-corrected chi connectivity index (χ1v) is 8.14. The highest BCUT2D eigenvalue weighted by Crippen LogP contribution is 2.15. The molecule has 2 heteroatoms. The molecule has 0 aliphatic heterocycles. The molecule has 0 unspecified atom stereocenters. The lowest BCUT2D eigenvalue weighted by Crippen LogP contribution is -2.25. The zero-order chi connectivity index (χ0) is 15.6. The van der Waals surface area contributed by atoms with E-state index in [9.17, 15) is 0 Å². The highest BCUT2D eigenvalue weighted by atomic mass is 16.5. The number of aryl methyl sites for hydroxylation is 1. The van der Waals surface area contributed by atoms with Crippen LogP contribution in [0.2, 0.25) is 0 Å². The number of pyridine rings is 1. The molecule has 116 valence electrons. The van der Waals surface area contributed by atoms with Crippen molar-refractivity contribution in [3.8, 4) is 5.75 Å². The van der Waals surface area contributed by atoms with Crippen LogP contribution in [0.5, 0.6) is 5.75 Å². The average Bonchev–Trinajstić information content (AvgIpc) is 2.55. The summed E-state index contributed by atoms with van der Waals surface area (Å²) < 4.78 is 7.79. The van der Waals surface area contributed by atoms with Crippen molar-refractivity contribution in [3.63, 3.8) is 0 Å². The first kappa shape index (κ1) is 16.3. The summed E-state index contributed by atoms with van der Waals surface area (Å²) >= 11 is 0. The van der Waals surface area contributed by atoms with E-state index in [1.807, 2.05) is 23.7 Å². The quantitative estimate of drug-likeness (QED) is 0.511. The Hall–Kier alpha value is -2.09. The molecule has 0 aliphatic rings. The normalized spacial score (nSPS) is 11.0. The van der Waals surface area contributed by atoms with Crippen molar-refractivity contribution >= 4 is 12.2 Å². The van der Waals surface area contributed by atoms with E-state index in [4.69, 9.17) is 4.74 Å². The summed E-state index contributed by atoms with van der Waals surface area (Å²) in [5, 5.41) is 0. The lowest BCUT2D eigenvalue weighted by atomic mass is 10.1. The molecule has 0 aliphatic carbocycles. The van der Waals surface area contributed by atoms with Crippen molar-refractivity contribution < 1.29 is 9.30 Å². The first-order chi connectivity index (χ1) is 10.8. The van der Waals surface area contributed by atoms with Gasteiger partial charge in [-0.3, -0.25) is 0 Å². The van der Waals surface area contributed by atoms with Crippen molar-refractivity contribution in [2.45, 2.75) is 32.6 Å². The van der Waals surface area contributed by atoms with Gasteiger partial charge >= 0.3 is 0 Å². The third-order valence-corrected chi connectivity index (χ3v) is 3.62. The van der Waals surface area contributed by atoms with E-state index in [-0.39, 0.29) is 0 Å². The molecular formula is C20H26NO+. The van der Waals surface area contributed by atoms with Crippen LogP contribution in [0.4, 0.5) is 0 Å². The Morgan fingerprint density at radius 3 is 2.14 bits per heavy atom. The van der Waals surface area contributed by atoms with Crippen molar-refractivity contribution in [1.29, 1.82) is 0 Å². The molecule has 1 heterocycles. The highest BCUT2D eigenvalue weighted by Gasteiger charge is 1.95. The third kappa shape index (κ3) is 5.72. The van der Waals surface area contributed by atoms with Gasteiger partial charge < -0.3 is 4.74 Å². The van der Waals surface area contributed by atoms with Gasteiger partial charge in [-0.15, -0.1) is 0 Å². The van der Waals surface area contributed by atoms with Crippen LogP contribution in [0.1, 0.15) is 43.7 Å². The van der Waals surface area contributed by atoms with Crippen LogP contribution in [0.15, 0.2) is 48.8 Å². The van der Waals surface area contributed by atoms with Crippen LogP contribution in [-0.4, -0.2) is 6.61 Å². The summed E-state index contributed by atoms with van der Waals surface area (Å²) in [7, 11) is 2.02. The Balaban J connectivity index is 1.82. The summed E-state index contributed by atoms with van der Waals surface area (Å²) in [5.41, 5.74) is 2.39. The maximum Gasteiger partial charge on any atom is 0.169 e. The number of aromatic nitrogens is 1. The topological polar surface area (TPSA) is 13.1 Å². The third-order valence-electron chi connectivity index (χ3n) is 3.62. The molecule has 0 bridgehead atoms. The minimum atomic E-state index is 0.816. The van der Waals surface area contributed by atoms with Gasteiger partial charge in [0.25, 0.3) is 0 Å². The molecule has 0 saturated heterocycles. The minimum Gasteiger partial charge on any atom is -0.494 e. The molecule has 1 aromatic carbocycles. The van der Waals surface area contributed by atoms with Crippen LogP contribution in [0.25, 0.3) is 12.2 Å². The minimum absolute atomic E-state index is 0.816. The first-order valence-electron chi connectivity index (χ1n) is 8.14. The maximum atomic E-state index is 5.76. The van der Waals surface area contributed by atoms with Crippen molar-refractivity contribution in [2.24, 2.45) is 7.05 Å². The van der Waals surface area contributed by atoms with Crippen molar-refractivity contribution in [2.75, 3.05) is 6.61 Å². The molecule has 22 heavy (non-hydrogen) atoms. The van der Waals surface area contributed by atoms with Crippen molar-refractivity contribution in [3.05, 3.63) is 59.9 Å². The van der Waals surface area contributed by atoms with E-state index in [1.54, 1.807) is 0 Å². The van der Waals surface area contributed by atoms with E-state index >= 15 is 0 Å². The lowest BCUT2D eigenvalue weighted by Gasteiger charge is -2.06. The van der Waals surface area contributed by atoms with Crippen molar-refractivity contribution in [1.82, 2.24) is 0 Å². The van der Waals surface area contributed by atoms with Gasteiger partial charge in [-0.25, -0.2) is 4.57 Å². The molecule has 0 spiro atoms. The Labute approximate surface area is 134 Å². The molecule has 0 atom stereocenters. The van der Waals surface area contributed by atoms with Crippen LogP contribution in [-0.2, 0) is 7.05 Å². The molecule has 0 amide bonds. The fourth-order valence-electron chi connectivity index (χ4n) is 2.21. The zero-order valence-corrected chi connectivity index (χ0v) is 13.7. The number of nitrogens with zero attached hydrogens (tertiary/aromatic N) is 1. The largest absolute Gasteiger partial charge is 0.494 e. The molecule has 0 fully saturated rings. The smallest absolute Gasteiger partial charge is 0.169 e. The van der Waals surface area contributed by atoms with Crippen LogP contribution in [0, 0.1) is 0 Å². The van der Waals surface area contributed by atoms with Gasteiger partial charge in [0, 0.05) is 12.1 Å². The number of hydrogen-bond acceptors (Lipinski definition) is 1. The molecule has 0 saturated carbocycles. The number of hydrogen-bond donors (Lipinski definition) is 0. The summed E-state index contributed by atoms with van der Waals surface area (Å²) in [5.74, 6) is 0.959. The molecule has 1 aromatic heterocycles. The van der Waals surface area contributed by atoms with E-state index in [0.29, 0.717) is 0 Å². The second kappa shape index (κ2) is 9.04. The number of benzene rings is 1. The number of ether oxygens (including phenoxy) is 1. The predicted octanol–water partition coefficient (Wildman–Crippen LogP) is 4.64. The fourth-order valence-corrected chi connectivity index (χ4v) is 2.21. The van der Waals surface area contributed by atoms with Gasteiger partial charge in [-0.2, -0.15) is 0 Å². The van der Waals surface area contributed by atoms with E-state index in [2.05, 4.69) is 55.7 Å². The second-order valence-corrected chi connectivity index (χ2v) is 5.61. The fraction of sp³-hybridized carbons (Fsp3) is 0.350. The zero-order valence-electron chi connectivity index (χ0n) is 13.7. The Kier molecular flexibility index (Phi) is 6.69. The van der Waals surface area contributed by atoms with E-state index in [0.717, 1.165) is 18.8 Å². The number of rotatable bonds is 8. The van der Waals surface area contributed by atoms with Gasteiger partial charge in [0.05, 0.1) is 6.61 Å². The number of unbranched alkanes of at least 4 members (excludes halogenated alkanes) is 3.